The number of rotatable bonds is 24. The molecule has 7 rings (SSSR count). The summed E-state index contributed by atoms with van der Waals surface area (Å²) in [6.07, 6.45) is 3.25. The van der Waals surface area contributed by atoms with Crippen LogP contribution < -0.4 is 141 Å². The molecule has 5 amide bonds. The first-order valence-electron chi connectivity index (χ1n) is 27.8. The van der Waals surface area contributed by atoms with Gasteiger partial charge in [0.25, 0.3) is 18.3 Å². The van der Waals surface area contributed by atoms with Crippen molar-refractivity contribution in [2.24, 2.45) is 17.2 Å². The number of Topliss-reactive ketones (excluding diaryl/α,β-unsaturated/α-hetero) is 1. The van der Waals surface area contributed by atoms with E-state index in [1.165, 1.54) is 38.5 Å². The number of halogens is 7. The molecule has 31 heteroatoms. The molecule has 10 N–H and O–H groups in total. The van der Waals surface area contributed by atoms with E-state index in [0.29, 0.717) is 57.9 Å². The van der Waals surface area contributed by atoms with Gasteiger partial charge in [-0.3, -0.25) is 47.7 Å². The Bertz CT molecular complexity index is 3530. The average Bonchev–Trinajstić information content (AvgIpc) is 1.67. The zero-order chi connectivity index (χ0) is 67.6. The maximum atomic E-state index is 14.1. The first-order chi connectivity index (χ1) is 42.7. The van der Waals surface area contributed by atoms with Gasteiger partial charge in [-0.15, -0.1) is 11.6 Å². The number of fused-ring (bicyclic) bond motifs is 2. The van der Waals surface area contributed by atoms with Crippen molar-refractivity contribution in [2.75, 3.05) is 19.0 Å². The second-order valence-electron chi connectivity index (χ2n) is 19.6. The van der Waals surface area contributed by atoms with Crippen LogP contribution in [-0.2, 0) is 66.3 Å². The normalized spacial score (nSPS) is 10.8. The van der Waals surface area contributed by atoms with Crippen LogP contribution in [0.1, 0.15) is 121 Å². The summed E-state index contributed by atoms with van der Waals surface area (Å²) in [6, 6.07) is 28.3. The number of hydrogen-bond acceptors (Lipinski definition) is 14. The molecule has 3 atom stereocenters. The van der Waals surface area contributed by atoms with Crippen molar-refractivity contribution in [1.29, 1.82) is 0 Å². The van der Waals surface area contributed by atoms with Gasteiger partial charge in [0.05, 0.1) is 45.1 Å². The summed E-state index contributed by atoms with van der Waals surface area (Å²) in [5.74, 6) is -4.96. The number of carboxylic acid groups (broad SMARTS) is 1. The van der Waals surface area contributed by atoms with E-state index in [0.717, 1.165) is 12.8 Å². The number of amides is 5. The molecular weight excluding hydrogens is 1360 g/mol. The summed E-state index contributed by atoms with van der Waals surface area (Å²) in [6.45, 7) is 11.3. The molecule has 0 bridgehead atoms. The van der Waals surface area contributed by atoms with Gasteiger partial charge in [-0.2, -0.15) is 10.2 Å². The molecule has 0 saturated heterocycles. The molecule has 0 saturated carbocycles. The largest absolute Gasteiger partial charge is 1.00 e. The van der Waals surface area contributed by atoms with Gasteiger partial charge in [-0.05, 0) is 82.3 Å². The van der Waals surface area contributed by atoms with Gasteiger partial charge in [0.2, 0.25) is 17.7 Å². The molecule has 0 aliphatic heterocycles. The molecule has 94 heavy (non-hydrogen) atoms. The quantitative estimate of drug-likeness (QED) is 0.0150. The fourth-order valence-corrected chi connectivity index (χ4v) is 8.16. The van der Waals surface area contributed by atoms with E-state index in [4.69, 9.17) is 78.8 Å². The summed E-state index contributed by atoms with van der Waals surface area (Å²) in [4.78, 5) is 94.3. The van der Waals surface area contributed by atoms with Crippen LogP contribution in [-0.4, -0.2) is 114 Å². The third-order valence-corrected chi connectivity index (χ3v) is 14.1. The molecular formula is C63H82Cl4F3K2N11O11. The van der Waals surface area contributed by atoms with Crippen molar-refractivity contribution < 1.29 is 171 Å². The van der Waals surface area contributed by atoms with Crippen molar-refractivity contribution in [3.05, 3.63) is 164 Å². The summed E-state index contributed by atoms with van der Waals surface area (Å²) in [5, 5.41) is 34.8. The first-order valence-corrected chi connectivity index (χ1v) is 29.5. The van der Waals surface area contributed by atoms with E-state index < -0.39 is 41.1 Å². The molecule has 0 fully saturated rings. The number of benzene rings is 5. The van der Waals surface area contributed by atoms with Crippen molar-refractivity contribution in [1.82, 2.24) is 40.4 Å². The minimum atomic E-state index is -1.02. The zero-order valence-electron chi connectivity index (χ0n) is 53.3. The summed E-state index contributed by atoms with van der Waals surface area (Å²) in [5.41, 5.74) is 18.3. The number of hydrogen-bond donors (Lipinski definition) is 7. The van der Waals surface area contributed by atoms with E-state index >= 15 is 0 Å². The summed E-state index contributed by atoms with van der Waals surface area (Å²) >= 11 is 22.3. The Hall–Kier alpha value is -4.90. The smallest absolute Gasteiger partial charge is 1.00 e. The van der Waals surface area contributed by atoms with E-state index in [1.54, 1.807) is 78.9 Å². The van der Waals surface area contributed by atoms with Crippen molar-refractivity contribution in [3.8, 4) is 0 Å². The Kier molecular flexibility index (Phi) is 50.1. The number of aromatic nitrogens is 4. The van der Waals surface area contributed by atoms with Gasteiger partial charge in [-0.25, -0.2) is 13.2 Å². The Morgan fingerprint density at radius 1 is 0.670 bits per heavy atom. The zero-order valence-corrected chi connectivity index (χ0v) is 61.5. The van der Waals surface area contributed by atoms with Gasteiger partial charge in [0.1, 0.15) is 36.3 Å². The fourth-order valence-electron chi connectivity index (χ4n) is 7.44. The number of aryl methyl sites for hydroxylation is 1. The maximum absolute atomic E-state index is 14.1. The number of carbonyl (C=O) groups excluding carboxylic acids is 7. The number of nitrogens with one attached hydrogen (secondary N) is 3. The number of para-hydroxylation sites is 2. The Labute approximate surface area is 652 Å². The molecule has 2 heterocycles. The monoisotopic (exact) mass is 1440 g/mol. The molecule has 5 aromatic carbocycles. The van der Waals surface area contributed by atoms with Crippen LogP contribution in [0.2, 0.25) is 15.1 Å². The maximum Gasteiger partial charge on any atom is 1.00 e. The first kappa shape index (κ1) is 93.3. The minimum Gasteiger partial charge on any atom is -1.00 e. The molecule has 0 aliphatic carbocycles. The topological polar surface area (TPSA) is 342 Å². The number of carboxylic acids is 1. The van der Waals surface area contributed by atoms with Crippen LogP contribution in [0.4, 0.5) is 13.2 Å². The van der Waals surface area contributed by atoms with E-state index in [1.807, 2.05) is 34.6 Å². The van der Waals surface area contributed by atoms with Crippen LogP contribution in [0, 0.1) is 17.5 Å². The molecule has 0 unspecified atom stereocenters. The van der Waals surface area contributed by atoms with Crippen LogP contribution >= 0.6 is 46.4 Å². The van der Waals surface area contributed by atoms with Crippen molar-refractivity contribution in [2.45, 2.75) is 133 Å². The molecule has 2 aromatic heterocycles. The van der Waals surface area contributed by atoms with Gasteiger partial charge in [0, 0.05) is 59.5 Å². The van der Waals surface area contributed by atoms with Gasteiger partial charge in [0.15, 0.2) is 11.4 Å². The van der Waals surface area contributed by atoms with Crippen molar-refractivity contribution >= 4 is 116 Å². The molecule has 506 valence electrons. The second-order valence-corrected chi connectivity index (χ2v) is 21.1. The van der Waals surface area contributed by atoms with Gasteiger partial charge >= 0.3 is 109 Å². The van der Waals surface area contributed by atoms with Crippen LogP contribution in [0.3, 0.4) is 0 Å². The molecule has 7 aromatic rings. The Morgan fingerprint density at radius 3 is 1.46 bits per heavy atom. The fraction of sp³-hybridized carbons (Fsp3) is 0.365. The third-order valence-electron chi connectivity index (χ3n) is 12.9. The minimum absolute atomic E-state index is 0. The molecule has 0 spiro atoms. The molecule has 0 aliphatic rings. The summed E-state index contributed by atoms with van der Waals surface area (Å²) < 4.78 is 43.5. The number of ketones is 1. The third kappa shape index (κ3) is 32.9. The SMILES string of the molecule is C.C.CC[C@@H](C)N.CC[C@@H](C)N(CC(=O)NCc1cccc(Cl)c1F)C(=O)Cn1nc(C(N)=O)c2ccccc21.CC[C@@H](C)NCC(=O)NCc1cccc(Cl)c1F.NC(=O)c1nn(CC(=O)O)c2ccccc12.O=C(CCl)CCc1cccc(Cl)c1F.O=CO[O-].[H-].[K+].[K+]. The van der Waals surface area contributed by atoms with E-state index in [-0.39, 0.29) is 233 Å². The van der Waals surface area contributed by atoms with Crippen molar-refractivity contribution in [3.63, 3.8) is 0 Å². The number of carbonyl (C=O) groups is 8. The van der Waals surface area contributed by atoms with Crippen LogP contribution in [0.25, 0.3) is 21.8 Å². The van der Waals surface area contributed by atoms with E-state index in [2.05, 4.69) is 38.0 Å². The number of alkyl halides is 1. The van der Waals surface area contributed by atoms with Crippen LogP contribution in [0.15, 0.2) is 103 Å². The predicted octanol–water partition coefficient (Wildman–Crippen LogP) is 3.37. The predicted molar refractivity (Wildman–Crippen MR) is 351 cm³/mol. The Morgan fingerprint density at radius 2 is 1.07 bits per heavy atom. The molecule has 22 nitrogen and oxygen atoms in total. The number of primary amides is 2. The van der Waals surface area contributed by atoms with E-state index in [9.17, 15) is 46.7 Å². The Balaban J connectivity index is -0.000000575. The van der Waals surface area contributed by atoms with Gasteiger partial charge < -0.3 is 54.7 Å². The number of nitrogens with zero attached hydrogens (tertiary/aromatic N) is 5. The van der Waals surface area contributed by atoms with Gasteiger partial charge in [-0.1, -0.05) is 143 Å². The molecule has 0 radical (unpaired) electrons. The summed E-state index contributed by atoms with van der Waals surface area (Å²) in [7, 11) is 0. The van der Waals surface area contributed by atoms with Crippen LogP contribution in [0.5, 0.6) is 0 Å². The average molecular weight is 1450 g/mol. The standard InChI is InChI=1S/C23H25ClFN5O3.C13H18ClFN2O.C10H9Cl2FO.C10H9N3O3.C4H11N.CH2O3.2CH4.2K.H/c1-3-14(2)29(12-19(31)27-11-15-7-6-9-17(24)21(15)25)20(32)13-30-18-10-5-4-8-16(18)22(28-30)23(26)33;1-3-9(2)16-8-12(18)17-7-10-5-4-6-11(14)13(10)15;11-6-8(14)5-4-7-2-1-3-9(12)10(7)13;11-10(16)9-6-3-1-2-4-7(6)13(12-9)5-8(14)15;1-3-4(2)5;2-1-4-3;;;;;/h4-10,14H,3,11-13H2,1-2H3,(H2,26,33)(H,27,31);4-6,9,16H,3,7-8H2,1-2H3,(H,17,18);1-3H,4-6H2;1-4H,5H2,(H2,11,16)(H,14,15);4H,3,5H2,1-2H3;1,3H;2*1H4;;;/q;;;;;;;;2*+1;-1/p-1/t14-;9-;;;4-;;;;;;/m11..1....../s1. The number of nitrogens with two attached hydrogens (primary N) is 3. The second kappa shape index (κ2) is 50.5. The number of aliphatic carboxylic acids is 1.